The van der Waals surface area contributed by atoms with Crippen molar-refractivity contribution < 1.29 is 19.5 Å². The molecule has 4 aliphatic carbocycles. The molecule has 8 fully saturated rings. The maximum absolute atomic E-state index is 13.4. The minimum absolute atomic E-state index is 0.0565. The molecule has 0 aromatic heterocycles. The van der Waals surface area contributed by atoms with E-state index in [4.69, 9.17) is 0 Å². The molecule has 4 atom stereocenters. The van der Waals surface area contributed by atoms with Gasteiger partial charge in [0.15, 0.2) is 0 Å². The molecule has 9 nitrogen and oxygen atoms in total. The Morgan fingerprint density at radius 2 is 1.29 bits per heavy atom. The number of aliphatic hydroxyl groups is 1. The first-order chi connectivity index (χ1) is 26.8. The zero-order chi connectivity index (χ0) is 38.1. The van der Waals surface area contributed by atoms with E-state index in [0.29, 0.717) is 31.3 Å². The van der Waals surface area contributed by atoms with E-state index in [-0.39, 0.29) is 29.7 Å². The fourth-order valence-corrected chi connectivity index (χ4v) is 13.5. The van der Waals surface area contributed by atoms with Gasteiger partial charge in [0.2, 0.25) is 11.8 Å². The number of piperidine rings is 2. The Hall–Kier alpha value is -1.81. The van der Waals surface area contributed by atoms with Gasteiger partial charge in [0.25, 0.3) is 5.91 Å². The van der Waals surface area contributed by atoms with Crippen molar-refractivity contribution in [1.82, 2.24) is 24.5 Å². The molecule has 4 heterocycles. The van der Waals surface area contributed by atoms with Crippen LogP contribution in [0.3, 0.4) is 0 Å². The number of hydrogen-bond acceptors (Lipinski definition) is 7. The molecule has 8 aliphatic rings. The summed E-state index contributed by atoms with van der Waals surface area (Å²) in [5, 5.41) is 10.3. The number of carbonyl (C=O) groups excluding carboxylic acids is 3. The molecule has 1 N–H and O–H groups in total. The largest absolute Gasteiger partial charge is 0.393 e. The van der Waals surface area contributed by atoms with Gasteiger partial charge in [-0.25, -0.2) is 0 Å². The second kappa shape index (κ2) is 18.0. The summed E-state index contributed by atoms with van der Waals surface area (Å²) in [7, 11) is 1.56. The van der Waals surface area contributed by atoms with Crippen molar-refractivity contribution >= 4 is 17.7 Å². The molecule has 0 aromatic carbocycles. The average molecular weight is 762 g/mol. The van der Waals surface area contributed by atoms with Crippen LogP contribution in [0.5, 0.6) is 0 Å². The number of fused-ring (bicyclic) bond motifs is 1. The van der Waals surface area contributed by atoms with Crippen molar-refractivity contribution in [2.24, 2.45) is 35.5 Å². The first-order valence-electron chi connectivity index (χ1n) is 23.5. The van der Waals surface area contributed by atoms with E-state index in [1.54, 1.807) is 7.05 Å². The van der Waals surface area contributed by atoms with Gasteiger partial charge in [0, 0.05) is 70.7 Å². The topological polar surface area (TPSA) is 87.6 Å². The van der Waals surface area contributed by atoms with Crippen LogP contribution in [0.2, 0.25) is 0 Å². The summed E-state index contributed by atoms with van der Waals surface area (Å²) in [5.41, 5.74) is 3.78. The molecule has 3 amide bonds. The van der Waals surface area contributed by atoms with E-state index >= 15 is 0 Å². The van der Waals surface area contributed by atoms with Gasteiger partial charge in [-0.3, -0.25) is 24.2 Å². The van der Waals surface area contributed by atoms with Crippen LogP contribution in [0.4, 0.5) is 0 Å². The highest BCUT2D eigenvalue weighted by atomic mass is 16.3. The van der Waals surface area contributed by atoms with E-state index in [0.717, 1.165) is 88.0 Å². The maximum Gasteiger partial charge on any atom is 0.251 e. The molecule has 0 spiro atoms. The number of allylic oxidation sites excluding steroid dienone is 2. The van der Waals surface area contributed by atoms with E-state index in [2.05, 4.69) is 21.6 Å². The third-order valence-corrected chi connectivity index (χ3v) is 16.7. The molecular formula is C46H75N5O4. The lowest BCUT2D eigenvalue weighted by Gasteiger charge is -2.45. The lowest BCUT2D eigenvalue weighted by atomic mass is 9.67. The van der Waals surface area contributed by atoms with Crippen LogP contribution in [0, 0.1) is 35.5 Å². The zero-order valence-corrected chi connectivity index (χ0v) is 34.7. The van der Waals surface area contributed by atoms with E-state index in [9.17, 15) is 19.5 Å². The molecular weight excluding hydrogens is 687 g/mol. The summed E-state index contributed by atoms with van der Waals surface area (Å²) < 4.78 is 0. The van der Waals surface area contributed by atoms with E-state index in [1.807, 2.05) is 16.0 Å². The van der Waals surface area contributed by atoms with Crippen LogP contribution < -0.4 is 0 Å². The number of hydrogen-bond donors (Lipinski definition) is 1. The van der Waals surface area contributed by atoms with Crippen molar-refractivity contribution in [2.75, 3.05) is 59.4 Å². The Morgan fingerprint density at radius 1 is 0.655 bits per heavy atom. The number of likely N-dealkylation sites (tertiary alicyclic amines) is 3. The van der Waals surface area contributed by atoms with Gasteiger partial charge in [0.1, 0.15) is 6.04 Å². The second-order valence-corrected chi connectivity index (χ2v) is 19.7. The number of aliphatic hydroxyl groups excluding tert-OH is 1. The molecule has 308 valence electrons. The van der Waals surface area contributed by atoms with Gasteiger partial charge in [-0.15, -0.1) is 0 Å². The molecule has 0 radical (unpaired) electrons. The molecule has 4 saturated heterocycles. The van der Waals surface area contributed by atoms with Crippen LogP contribution in [0.1, 0.15) is 142 Å². The van der Waals surface area contributed by atoms with Crippen LogP contribution >= 0.6 is 0 Å². The molecule has 55 heavy (non-hydrogen) atoms. The van der Waals surface area contributed by atoms with E-state index < -0.39 is 6.04 Å². The monoisotopic (exact) mass is 762 g/mol. The third-order valence-electron chi connectivity index (χ3n) is 16.7. The minimum Gasteiger partial charge on any atom is -0.393 e. The standard InChI is InChI=1S/C46H75N5O4/c1-3-40(33-7-5-4-6-8-33)44(35-11-16-39(52)17-12-35)34-9-13-37(14-10-34)49-23-21-32(22-24-49)30-48-25-27-50(28-26-48)38-15-18-41-36(29-38)31-51(45(41)54)42-19-20-43(53)47(2)46(42)55/h32-39,41-42,52H,3-31H2,1-2H3/b44-40+. The molecule has 4 aliphatic heterocycles. The van der Waals surface area contributed by atoms with E-state index in [1.165, 1.54) is 114 Å². The number of piperazine rings is 1. The van der Waals surface area contributed by atoms with Gasteiger partial charge in [-0.05, 0) is 152 Å². The Labute approximate surface area is 333 Å². The van der Waals surface area contributed by atoms with Gasteiger partial charge in [0.05, 0.1) is 6.10 Å². The molecule has 8 rings (SSSR count). The van der Waals surface area contributed by atoms with Gasteiger partial charge < -0.3 is 19.8 Å². The van der Waals surface area contributed by atoms with Crippen molar-refractivity contribution in [3.05, 3.63) is 11.1 Å². The van der Waals surface area contributed by atoms with Gasteiger partial charge in [-0.1, -0.05) is 37.3 Å². The van der Waals surface area contributed by atoms with Crippen LogP contribution in [-0.2, 0) is 14.4 Å². The van der Waals surface area contributed by atoms with Gasteiger partial charge in [-0.2, -0.15) is 0 Å². The summed E-state index contributed by atoms with van der Waals surface area (Å²) in [6, 6.07) is 0.873. The maximum atomic E-state index is 13.4. The summed E-state index contributed by atoms with van der Waals surface area (Å²) >= 11 is 0. The zero-order valence-electron chi connectivity index (χ0n) is 34.7. The Bertz CT molecular complexity index is 1360. The first kappa shape index (κ1) is 40.0. The minimum atomic E-state index is -0.451. The highest BCUT2D eigenvalue weighted by molar-refractivity contribution is 6.01. The summed E-state index contributed by atoms with van der Waals surface area (Å²) in [6.07, 6.45) is 24.9. The quantitative estimate of drug-likeness (QED) is 0.213. The van der Waals surface area contributed by atoms with Crippen LogP contribution in [-0.4, -0.2) is 131 Å². The molecule has 9 heteroatoms. The fraction of sp³-hybridized carbons (Fsp3) is 0.891. The predicted molar refractivity (Wildman–Crippen MR) is 217 cm³/mol. The van der Waals surface area contributed by atoms with Crippen LogP contribution in [0.25, 0.3) is 0 Å². The first-order valence-corrected chi connectivity index (χ1v) is 23.5. The molecule has 4 saturated carbocycles. The predicted octanol–water partition coefficient (Wildman–Crippen LogP) is 6.49. The smallest absolute Gasteiger partial charge is 0.251 e. The molecule has 0 aromatic rings. The number of nitrogens with zero attached hydrogens (tertiary/aromatic N) is 5. The summed E-state index contributed by atoms with van der Waals surface area (Å²) in [5.74, 6) is 3.40. The van der Waals surface area contributed by atoms with Crippen molar-refractivity contribution in [3.63, 3.8) is 0 Å². The molecule has 0 bridgehead atoms. The lowest BCUT2D eigenvalue weighted by molar-refractivity contribution is -0.154. The number of rotatable bonds is 9. The Balaban J connectivity index is 0.769. The highest BCUT2D eigenvalue weighted by Gasteiger charge is 2.50. The third kappa shape index (κ3) is 8.81. The number of imide groups is 1. The number of carbonyl (C=O) groups is 3. The normalized spacial score (nSPS) is 37.7. The Kier molecular flexibility index (Phi) is 13.1. The number of amides is 3. The van der Waals surface area contributed by atoms with Crippen molar-refractivity contribution in [2.45, 2.75) is 166 Å². The lowest BCUT2D eigenvalue weighted by Crippen LogP contribution is -2.53. The van der Waals surface area contributed by atoms with Gasteiger partial charge >= 0.3 is 0 Å². The average Bonchev–Trinajstić information content (AvgIpc) is 3.55. The number of likely N-dealkylation sites (N-methyl/N-ethyl adjacent to an activating group) is 1. The van der Waals surface area contributed by atoms with Crippen molar-refractivity contribution in [1.29, 1.82) is 0 Å². The fourth-order valence-electron chi connectivity index (χ4n) is 13.5. The highest BCUT2D eigenvalue weighted by Crippen LogP contribution is 2.46. The SMILES string of the molecule is CC/C(=C(\C1CCC(O)CC1)C1CCC(N2CCC(CN3CCN(C4CCC5C(=O)N(C6CCC(=O)N(C)C6=O)CC5C4)CC3)CC2)CC1)C1CCCCC1. The molecule has 4 unspecified atom stereocenters. The Morgan fingerprint density at radius 3 is 1.96 bits per heavy atom. The summed E-state index contributed by atoms with van der Waals surface area (Å²) in [6.45, 7) is 11.5. The second-order valence-electron chi connectivity index (χ2n) is 19.7. The van der Waals surface area contributed by atoms with Crippen LogP contribution in [0.15, 0.2) is 11.1 Å². The summed E-state index contributed by atoms with van der Waals surface area (Å²) in [4.78, 5) is 49.8. The van der Waals surface area contributed by atoms with Crippen molar-refractivity contribution in [3.8, 4) is 0 Å².